The third-order valence-electron chi connectivity index (χ3n) is 4.30. The van der Waals surface area contributed by atoms with Crippen molar-refractivity contribution in [3.63, 3.8) is 0 Å². The molecule has 130 valence electrons. The molecule has 1 aromatic heterocycles. The van der Waals surface area contributed by atoms with Crippen molar-refractivity contribution in [3.05, 3.63) is 77.8 Å². The largest absolute Gasteiger partial charge is 0.493 e. The third-order valence-corrected chi connectivity index (χ3v) is 5.93. The van der Waals surface area contributed by atoms with Crippen molar-refractivity contribution >= 4 is 57.0 Å². The Labute approximate surface area is 168 Å². The number of nitrogens with zero attached hydrogens (tertiary/aromatic N) is 2. The topological polar surface area (TPSA) is 54.6 Å². The molecule has 0 spiro atoms. The fraction of sp³-hybridized carbons (Fsp3) is 0.100. The fourth-order valence-electron chi connectivity index (χ4n) is 2.97. The lowest BCUT2D eigenvalue weighted by atomic mass is 10.0. The highest BCUT2D eigenvalue weighted by molar-refractivity contribution is 14.1. The van der Waals surface area contributed by atoms with Gasteiger partial charge in [0.1, 0.15) is 0 Å². The highest BCUT2D eigenvalue weighted by Gasteiger charge is 2.20. The van der Waals surface area contributed by atoms with E-state index in [0.29, 0.717) is 11.4 Å². The summed E-state index contributed by atoms with van der Waals surface area (Å²) in [5.74, 6) is 0.00299. The van der Waals surface area contributed by atoms with Gasteiger partial charge in [-0.3, -0.25) is 14.4 Å². The van der Waals surface area contributed by atoms with E-state index in [1.807, 2.05) is 61.5 Å². The summed E-state index contributed by atoms with van der Waals surface area (Å²) in [6.07, 6.45) is 1.86. The van der Waals surface area contributed by atoms with Crippen LogP contribution in [0.3, 0.4) is 0 Å². The normalized spacial score (nSPS) is 14.5. The van der Waals surface area contributed by atoms with Crippen molar-refractivity contribution in [1.29, 1.82) is 0 Å². The van der Waals surface area contributed by atoms with Gasteiger partial charge >= 0.3 is 4.87 Å². The summed E-state index contributed by atoms with van der Waals surface area (Å²) in [5.41, 5.74) is 4.74. The molecule has 0 amide bonds. The lowest BCUT2D eigenvalue weighted by molar-refractivity contribution is 0.420. The lowest BCUT2D eigenvalue weighted by Crippen LogP contribution is -2.13. The van der Waals surface area contributed by atoms with E-state index in [2.05, 4.69) is 27.6 Å². The van der Waals surface area contributed by atoms with Gasteiger partial charge in [0, 0.05) is 20.4 Å². The van der Waals surface area contributed by atoms with Gasteiger partial charge in [-0.1, -0.05) is 41.7 Å². The quantitative estimate of drug-likeness (QED) is 0.549. The molecule has 4 rings (SSSR count). The van der Waals surface area contributed by atoms with Crippen LogP contribution < -0.4 is 4.87 Å². The molecule has 4 nitrogen and oxygen atoms in total. The average Bonchev–Trinajstić information content (AvgIpc) is 3.08. The van der Waals surface area contributed by atoms with Crippen LogP contribution in [0.2, 0.25) is 0 Å². The number of rotatable bonds is 3. The Morgan fingerprint density at radius 2 is 1.92 bits per heavy atom. The van der Waals surface area contributed by atoms with Crippen LogP contribution in [0.25, 0.3) is 11.6 Å². The number of benzene rings is 2. The summed E-state index contributed by atoms with van der Waals surface area (Å²) in [7, 11) is 0. The van der Waals surface area contributed by atoms with Gasteiger partial charge < -0.3 is 5.11 Å². The van der Waals surface area contributed by atoms with Crippen molar-refractivity contribution in [2.75, 3.05) is 0 Å². The molecule has 0 saturated heterocycles. The van der Waals surface area contributed by atoms with Crippen molar-refractivity contribution < 1.29 is 5.11 Å². The molecule has 0 bridgehead atoms. The first-order chi connectivity index (χ1) is 12.5. The fourth-order valence-corrected chi connectivity index (χ4v) is 4.16. The number of para-hydroxylation sites is 1. The molecule has 26 heavy (non-hydrogen) atoms. The van der Waals surface area contributed by atoms with E-state index in [1.165, 1.54) is 4.57 Å². The van der Waals surface area contributed by atoms with Crippen LogP contribution >= 0.6 is 33.9 Å². The molecular formula is C20H15IN2O2S. The second kappa shape index (κ2) is 6.85. The van der Waals surface area contributed by atoms with E-state index in [9.17, 15) is 9.90 Å². The van der Waals surface area contributed by atoms with Gasteiger partial charge in [-0.25, -0.2) is 0 Å². The molecule has 0 fully saturated rings. The Balaban J connectivity index is 1.72. The second-order valence-electron chi connectivity index (χ2n) is 6.04. The Morgan fingerprint density at radius 3 is 2.69 bits per heavy atom. The number of thiazole rings is 1. The molecule has 2 heterocycles. The number of aliphatic imine (C=N–C) groups is 1. The van der Waals surface area contributed by atoms with Gasteiger partial charge in [0.2, 0.25) is 5.88 Å². The molecule has 1 aliphatic rings. The molecule has 3 aromatic rings. The second-order valence-corrected chi connectivity index (χ2v) is 8.28. The van der Waals surface area contributed by atoms with Crippen molar-refractivity contribution in [3.8, 4) is 5.88 Å². The number of aromatic nitrogens is 1. The maximum atomic E-state index is 12.4. The van der Waals surface area contributed by atoms with E-state index >= 15 is 0 Å². The monoisotopic (exact) mass is 474 g/mol. The maximum absolute atomic E-state index is 12.4. The minimum atomic E-state index is -0.172. The number of hydrogen-bond donors (Lipinski definition) is 1. The minimum Gasteiger partial charge on any atom is -0.493 e. The Morgan fingerprint density at radius 1 is 1.19 bits per heavy atom. The highest BCUT2D eigenvalue weighted by atomic mass is 127. The zero-order chi connectivity index (χ0) is 18.3. The number of allylic oxidation sites excluding steroid dienone is 1. The number of halogens is 1. The molecule has 0 radical (unpaired) electrons. The van der Waals surface area contributed by atoms with Crippen molar-refractivity contribution in [2.24, 2.45) is 4.99 Å². The predicted molar refractivity (Wildman–Crippen MR) is 116 cm³/mol. The smallest absolute Gasteiger partial charge is 0.310 e. The lowest BCUT2D eigenvalue weighted by Gasteiger charge is -2.05. The van der Waals surface area contributed by atoms with E-state index in [1.54, 1.807) is 0 Å². The minimum absolute atomic E-state index is 0.00299. The summed E-state index contributed by atoms with van der Waals surface area (Å²) in [6, 6.07) is 15.8. The van der Waals surface area contributed by atoms with Gasteiger partial charge in [0.05, 0.1) is 17.1 Å². The summed E-state index contributed by atoms with van der Waals surface area (Å²) in [5, 5.41) is 10.6. The van der Waals surface area contributed by atoms with Gasteiger partial charge in [0.25, 0.3) is 0 Å². The molecule has 0 aliphatic carbocycles. The SMILES string of the molecule is CC1=Nc2ccccc2/C1=C\c1sc(=O)n(Cc2ccc(I)cc2)c1O. The van der Waals surface area contributed by atoms with E-state index < -0.39 is 0 Å². The van der Waals surface area contributed by atoms with Crippen molar-refractivity contribution in [1.82, 2.24) is 4.57 Å². The Bertz CT molecular complexity index is 1110. The first-order valence-electron chi connectivity index (χ1n) is 8.07. The predicted octanol–water partition coefficient (Wildman–Crippen LogP) is 4.91. The van der Waals surface area contributed by atoms with E-state index in [-0.39, 0.29) is 10.8 Å². The maximum Gasteiger partial charge on any atom is 0.310 e. The summed E-state index contributed by atoms with van der Waals surface area (Å²) in [4.78, 5) is 17.3. The van der Waals surface area contributed by atoms with E-state index in [4.69, 9.17) is 0 Å². The molecule has 0 saturated carbocycles. The number of hydrogen-bond acceptors (Lipinski definition) is 4. The first-order valence-corrected chi connectivity index (χ1v) is 9.96. The van der Waals surface area contributed by atoms with Gasteiger partial charge in [0.15, 0.2) is 0 Å². The Hall–Kier alpha value is -2.19. The van der Waals surface area contributed by atoms with Gasteiger partial charge in [-0.15, -0.1) is 0 Å². The van der Waals surface area contributed by atoms with Crippen LogP contribution in [0.1, 0.15) is 22.9 Å². The number of aromatic hydroxyl groups is 1. The van der Waals surface area contributed by atoms with Crippen LogP contribution in [-0.4, -0.2) is 15.4 Å². The average molecular weight is 474 g/mol. The van der Waals surface area contributed by atoms with Crippen molar-refractivity contribution in [2.45, 2.75) is 13.5 Å². The molecule has 0 unspecified atom stereocenters. The molecule has 1 N–H and O–H groups in total. The van der Waals surface area contributed by atoms with Crippen LogP contribution in [0.5, 0.6) is 5.88 Å². The zero-order valence-electron chi connectivity index (χ0n) is 13.9. The number of fused-ring (bicyclic) bond motifs is 1. The van der Waals surface area contributed by atoms with Gasteiger partial charge in [-0.05, 0) is 59.4 Å². The van der Waals surface area contributed by atoms with Crippen LogP contribution in [0.15, 0.2) is 58.3 Å². The molecule has 0 atom stereocenters. The Kier molecular flexibility index (Phi) is 4.54. The summed E-state index contributed by atoms with van der Waals surface area (Å²) >= 11 is 3.29. The molecule has 1 aliphatic heterocycles. The summed E-state index contributed by atoms with van der Waals surface area (Å²) < 4.78 is 2.54. The highest BCUT2D eigenvalue weighted by Crippen LogP contribution is 2.37. The van der Waals surface area contributed by atoms with Crippen LogP contribution in [-0.2, 0) is 6.54 Å². The summed E-state index contributed by atoms with van der Waals surface area (Å²) in [6.45, 7) is 2.29. The van der Waals surface area contributed by atoms with Crippen LogP contribution in [0, 0.1) is 3.57 Å². The third kappa shape index (κ3) is 3.14. The molecular weight excluding hydrogens is 459 g/mol. The molecule has 6 heteroatoms. The molecule has 2 aromatic carbocycles. The van der Waals surface area contributed by atoms with E-state index in [0.717, 1.165) is 43.0 Å². The zero-order valence-corrected chi connectivity index (χ0v) is 16.9. The first kappa shape index (κ1) is 17.2. The standard InChI is InChI=1S/C20H15IN2O2S/c1-12-16(15-4-2-3-5-17(15)22-12)10-18-19(24)23(20(25)26-18)11-13-6-8-14(21)9-7-13/h2-10,24H,11H2,1H3/b16-10-. The van der Waals surface area contributed by atoms with Gasteiger partial charge in [-0.2, -0.15) is 0 Å². The van der Waals surface area contributed by atoms with Crippen LogP contribution in [0.4, 0.5) is 5.69 Å².